The SMILES string of the molecule is Cc1nn(C)cc1CN(C)C(=O)NC[C@H](c1ccccc1)N1CCCCCC1. The number of hydrogen-bond acceptors (Lipinski definition) is 3. The maximum Gasteiger partial charge on any atom is 0.317 e. The summed E-state index contributed by atoms with van der Waals surface area (Å²) in [6, 6.07) is 10.7. The molecule has 0 radical (unpaired) electrons. The van der Waals surface area contributed by atoms with Crippen molar-refractivity contribution in [3.8, 4) is 0 Å². The van der Waals surface area contributed by atoms with Crippen LogP contribution < -0.4 is 5.32 Å². The molecule has 0 spiro atoms. The first-order valence-electron chi connectivity index (χ1n) is 10.3. The zero-order valence-electron chi connectivity index (χ0n) is 17.4. The van der Waals surface area contributed by atoms with Crippen LogP contribution in [-0.4, -0.2) is 52.3 Å². The molecule has 1 aliphatic rings. The number of carbonyl (C=O) groups excluding carboxylic acids is 1. The number of likely N-dealkylation sites (tertiary alicyclic amines) is 1. The molecule has 1 atom stereocenters. The van der Waals surface area contributed by atoms with Crippen molar-refractivity contribution in [2.75, 3.05) is 26.7 Å². The smallest absolute Gasteiger partial charge is 0.317 e. The van der Waals surface area contributed by atoms with Crippen LogP contribution >= 0.6 is 0 Å². The van der Waals surface area contributed by atoms with E-state index in [1.807, 2.05) is 33.3 Å². The monoisotopic (exact) mass is 383 g/mol. The minimum atomic E-state index is -0.0426. The van der Waals surface area contributed by atoms with E-state index in [9.17, 15) is 4.79 Å². The van der Waals surface area contributed by atoms with Crippen molar-refractivity contribution >= 4 is 6.03 Å². The Balaban J connectivity index is 1.63. The molecule has 6 nitrogen and oxygen atoms in total. The highest BCUT2D eigenvalue weighted by atomic mass is 16.2. The predicted octanol–water partition coefficient (Wildman–Crippen LogP) is 3.49. The van der Waals surface area contributed by atoms with Crippen molar-refractivity contribution in [2.45, 2.75) is 45.2 Å². The summed E-state index contributed by atoms with van der Waals surface area (Å²) in [6.07, 6.45) is 7.05. The molecule has 1 N–H and O–H groups in total. The van der Waals surface area contributed by atoms with E-state index in [0.29, 0.717) is 13.1 Å². The largest absolute Gasteiger partial charge is 0.336 e. The zero-order chi connectivity index (χ0) is 19.9. The number of amides is 2. The van der Waals surface area contributed by atoms with Gasteiger partial charge in [0.2, 0.25) is 0 Å². The fourth-order valence-corrected chi connectivity index (χ4v) is 3.99. The highest BCUT2D eigenvalue weighted by Crippen LogP contribution is 2.23. The number of urea groups is 1. The van der Waals surface area contributed by atoms with Crippen LogP contribution in [0.1, 0.15) is 48.5 Å². The molecule has 6 heteroatoms. The molecule has 28 heavy (non-hydrogen) atoms. The third kappa shape index (κ3) is 5.35. The average molecular weight is 384 g/mol. The second-order valence-electron chi connectivity index (χ2n) is 7.83. The van der Waals surface area contributed by atoms with Gasteiger partial charge >= 0.3 is 6.03 Å². The highest BCUT2D eigenvalue weighted by Gasteiger charge is 2.23. The first-order valence-corrected chi connectivity index (χ1v) is 10.3. The molecule has 3 rings (SSSR count). The van der Waals surface area contributed by atoms with Gasteiger partial charge in [-0.1, -0.05) is 43.2 Å². The van der Waals surface area contributed by atoms with Crippen LogP contribution in [0.3, 0.4) is 0 Å². The van der Waals surface area contributed by atoms with Crippen LogP contribution in [0.15, 0.2) is 36.5 Å². The van der Waals surface area contributed by atoms with E-state index in [4.69, 9.17) is 0 Å². The van der Waals surface area contributed by atoms with Crippen molar-refractivity contribution in [3.63, 3.8) is 0 Å². The Morgan fingerprint density at radius 1 is 1.18 bits per heavy atom. The van der Waals surface area contributed by atoms with Gasteiger partial charge in [0, 0.05) is 32.4 Å². The molecule has 2 amide bonds. The number of nitrogens with zero attached hydrogens (tertiary/aromatic N) is 4. The van der Waals surface area contributed by atoms with E-state index in [-0.39, 0.29) is 12.1 Å². The normalized spacial score (nSPS) is 16.4. The zero-order valence-corrected chi connectivity index (χ0v) is 17.4. The summed E-state index contributed by atoms with van der Waals surface area (Å²) < 4.78 is 1.79. The second kappa shape index (κ2) is 9.73. The molecule has 1 saturated heterocycles. The van der Waals surface area contributed by atoms with Gasteiger partial charge in [-0.3, -0.25) is 9.58 Å². The van der Waals surface area contributed by atoms with Crippen LogP contribution in [0.5, 0.6) is 0 Å². The third-order valence-electron chi connectivity index (χ3n) is 5.58. The van der Waals surface area contributed by atoms with Gasteiger partial charge in [-0.2, -0.15) is 5.10 Å². The van der Waals surface area contributed by atoms with Crippen LogP contribution in [0.4, 0.5) is 4.79 Å². The molecule has 0 bridgehead atoms. The van der Waals surface area contributed by atoms with Gasteiger partial charge in [-0.15, -0.1) is 0 Å². The maximum atomic E-state index is 12.7. The number of carbonyl (C=O) groups is 1. The molecule has 0 saturated carbocycles. The summed E-state index contributed by atoms with van der Waals surface area (Å²) in [5, 5.41) is 7.52. The van der Waals surface area contributed by atoms with Gasteiger partial charge in [0.15, 0.2) is 0 Å². The summed E-state index contributed by atoms with van der Waals surface area (Å²) in [7, 11) is 3.74. The Morgan fingerprint density at radius 2 is 1.86 bits per heavy atom. The summed E-state index contributed by atoms with van der Waals surface area (Å²) >= 11 is 0. The quantitative estimate of drug-likeness (QED) is 0.831. The molecule has 0 unspecified atom stereocenters. The fourth-order valence-electron chi connectivity index (χ4n) is 3.99. The minimum Gasteiger partial charge on any atom is -0.336 e. The Labute approximate surface area is 168 Å². The highest BCUT2D eigenvalue weighted by molar-refractivity contribution is 5.73. The fraction of sp³-hybridized carbons (Fsp3) is 0.545. The lowest BCUT2D eigenvalue weighted by Gasteiger charge is -2.32. The summed E-state index contributed by atoms with van der Waals surface area (Å²) in [4.78, 5) is 17.0. The van der Waals surface area contributed by atoms with E-state index in [2.05, 4.69) is 39.6 Å². The number of hydrogen-bond donors (Lipinski definition) is 1. The molecule has 1 aromatic heterocycles. The summed E-state index contributed by atoms with van der Waals surface area (Å²) in [5.74, 6) is 0. The number of aromatic nitrogens is 2. The molecular formula is C22H33N5O. The van der Waals surface area contributed by atoms with Gasteiger partial charge in [-0.05, 0) is 38.4 Å². The van der Waals surface area contributed by atoms with Crippen LogP contribution in [-0.2, 0) is 13.6 Å². The van der Waals surface area contributed by atoms with Crippen molar-refractivity contribution in [1.82, 2.24) is 24.9 Å². The van der Waals surface area contributed by atoms with Crippen LogP contribution in [0.25, 0.3) is 0 Å². The molecular weight excluding hydrogens is 350 g/mol. The van der Waals surface area contributed by atoms with E-state index >= 15 is 0 Å². The molecule has 152 valence electrons. The van der Waals surface area contributed by atoms with Crippen molar-refractivity contribution in [1.29, 1.82) is 0 Å². The number of aryl methyl sites for hydroxylation is 2. The van der Waals surface area contributed by atoms with Crippen molar-refractivity contribution in [2.24, 2.45) is 7.05 Å². The van der Waals surface area contributed by atoms with Gasteiger partial charge in [0.05, 0.1) is 18.3 Å². The number of rotatable bonds is 6. The minimum absolute atomic E-state index is 0.0426. The van der Waals surface area contributed by atoms with E-state index in [1.165, 1.54) is 31.2 Å². The Bertz CT molecular complexity index is 750. The maximum absolute atomic E-state index is 12.7. The Hall–Kier alpha value is -2.34. The molecule has 1 aromatic carbocycles. The lowest BCUT2D eigenvalue weighted by molar-refractivity contribution is 0.183. The van der Waals surface area contributed by atoms with Gasteiger partial charge in [0.25, 0.3) is 0 Å². The van der Waals surface area contributed by atoms with E-state index < -0.39 is 0 Å². The van der Waals surface area contributed by atoms with Crippen molar-refractivity contribution < 1.29 is 4.79 Å². The third-order valence-corrected chi connectivity index (χ3v) is 5.58. The van der Waals surface area contributed by atoms with Gasteiger partial charge < -0.3 is 10.2 Å². The lowest BCUT2D eigenvalue weighted by atomic mass is 10.0. The standard InChI is InChI=1S/C22H33N5O/c1-18-20(17-26(3)24-18)16-25(2)22(28)23-15-21(19-11-7-6-8-12-19)27-13-9-4-5-10-14-27/h6-8,11-12,17,21H,4-5,9-10,13-16H2,1-3H3,(H,23,28)/t21-/m1/s1. The summed E-state index contributed by atoms with van der Waals surface area (Å²) in [5.41, 5.74) is 3.32. The molecule has 0 aliphatic carbocycles. The predicted molar refractivity (Wildman–Crippen MR) is 112 cm³/mol. The van der Waals surface area contributed by atoms with Crippen molar-refractivity contribution in [3.05, 3.63) is 53.3 Å². The molecule has 1 aliphatic heterocycles. The topological polar surface area (TPSA) is 53.4 Å². The molecule has 1 fully saturated rings. The number of benzene rings is 1. The Morgan fingerprint density at radius 3 is 2.46 bits per heavy atom. The second-order valence-corrected chi connectivity index (χ2v) is 7.83. The first-order chi connectivity index (χ1) is 13.5. The van der Waals surface area contributed by atoms with Gasteiger partial charge in [-0.25, -0.2) is 4.79 Å². The van der Waals surface area contributed by atoms with E-state index in [0.717, 1.165) is 24.3 Å². The van der Waals surface area contributed by atoms with Crippen LogP contribution in [0.2, 0.25) is 0 Å². The Kier molecular flexibility index (Phi) is 7.09. The molecule has 2 heterocycles. The average Bonchev–Trinajstić information content (AvgIpc) is 2.88. The van der Waals surface area contributed by atoms with Crippen LogP contribution in [0, 0.1) is 6.92 Å². The number of nitrogens with one attached hydrogen (secondary N) is 1. The van der Waals surface area contributed by atoms with Gasteiger partial charge in [0.1, 0.15) is 0 Å². The molecule has 2 aromatic rings. The summed E-state index contributed by atoms with van der Waals surface area (Å²) in [6.45, 7) is 5.36. The lowest BCUT2D eigenvalue weighted by Crippen LogP contribution is -2.43. The first kappa shape index (κ1) is 20.4. The van der Waals surface area contributed by atoms with E-state index in [1.54, 1.807) is 9.58 Å².